The van der Waals surface area contributed by atoms with Gasteiger partial charge in [-0.05, 0) is 57.0 Å². The summed E-state index contributed by atoms with van der Waals surface area (Å²) in [6.07, 6.45) is 4.95. The Balaban J connectivity index is 1.56. The number of hydrogen-bond acceptors (Lipinski definition) is 3. The van der Waals surface area contributed by atoms with Gasteiger partial charge in [0.1, 0.15) is 5.75 Å². The summed E-state index contributed by atoms with van der Waals surface area (Å²) in [5, 5.41) is 2.92. The van der Waals surface area contributed by atoms with Crippen molar-refractivity contribution in [3.63, 3.8) is 0 Å². The van der Waals surface area contributed by atoms with Crippen molar-refractivity contribution < 1.29 is 9.53 Å². The van der Waals surface area contributed by atoms with E-state index in [0.717, 1.165) is 17.4 Å². The van der Waals surface area contributed by atoms with Crippen molar-refractivity contribution in [1.82, 2.24) is 10.2 Å². The van der Waals surface area contributed by atoms with Gasteiger partial charge in [0, 0.05) is 23.6 Å². The molecule has 122 valence electrons. The smallest absolute Gasteiger partial charge is 0.257 e. The molecule has 4 nitrogen and oxygen atoms in total. The summed E-state index contributed by atoms with van der Waals surface area (Å²) in [6, 6.07) is 8.16. The lowest BCUT2D eigenvalue weighted by Gasteiger charge is -2.33. The molecule has 1 aliphatic rings. The number of amides is 1. The van der Waals surface area contributed by atoms with Gasteiger partial charge < -0.3 is 15.0 Å². The molecule has 1 amide bonds. The fourth-order valence-electron chi connectivity index (χ4n) is 2.73. The van der Waals surface area contributed by atoms with Crippen molar-refractivity contribution in [3.05, 3.63) is 28.7 Å². The lowest BCUT2D eigenvalue weighted by Crippen LogP contribution is -2.39. The van der Waals surface area contributed by atoms with Gasteiger partial charge in [0.25, 0.3) is 5.91 Å². The highest BCUT2D eigenvalue weighted by Crippen LogP contribution is 2.16. The van der Waals surface area contributed by atoms with Gasteiger partial charge in [0.15, 0.2) is 6.61 Å². The van der Waals surface area contributed by atoms with Crippen LogP contribution >= 0.6 is 15.9 Å². The van der Waals surface area contributed by atoms with Crippen LogP contribution in [0.15, 0.2) is 28.7 Å². The fraction of sp³-hybridized carbons (Fsp3) is 0.588. The van der Waals surface area contributed by atoms with Crippen molar-refractivity contribution in [2.24, 2.45) is 0 Å². The first-order chi connectivity index (χ1) is 10.6. The van der Waals surface area contributed by atoms with E-state index in [-0.39, 0.29) is 12.5 Å². The molecule has 1 aromatic rings. The maximum absolute atomic E-state index is 11.7. The van der Waals surface area contributed by atoms with Crippen LogP contribution in [0.2, 0.25) is 0 Å². The normalized spacial score (nSPS) is 18.9. The minimum absolute atomic E-state index is 0.0605. The van der Waals surface area contributed by atoms with E-state index >= 15 is 0 Å². The number of nitrogens with one attached hydrogen (secondary N) is 1. The van der Waals surface area contributed by atoms with Gasteiger partial charge in [-0.3, -0.25) is 4.79 Å². The van der Waals surface area contributed by atoms with Crippen LogP contribution in [0.4, 0.5) is 0 Å². The van der Waals surface area contributed by atoms with Crippen molar-refractivity contribution >= 4 is 21.8 Å². The molecule has 5 heteroatoms. The van der Waals surface area contributed by atoms with Crippen molar-refractivity contribution in [1.29, 1.82) is 0 Å². The van der Waals surface area contributed by atoms with E-state index in [1.54, 1.807) is 0 Å². The number of piperidine rings is 1. The molecule has 1 heterocycles. The summed E-state index contributed by atoms with van der Waals surface area (Å²) in [5.41, 5.74) is 0. The Morgan fingerprint density at radius 3 is 2.86 bits per heavy atom. The Morgan fingerprint density at radius 1 is 1.36 bits per heavy atom. The molecule has 2 rings (SSSR count). The molecule has 1 saturated heterocycles. The van der Waals surface area contributed by atoms with Crippen LogP contribution in [-0.4, -0.2) is 43.1 Å². The maximum Gasteiger partial charge on any atom is 0.257 e. The first-order valence-corrected chi connectivity index (χ1v) is 8.83. The predicted octanol–water partition coefficient (Wildman–Crippen LogP) is 3.21. The zero-order chi connectivity index (χ0) is 15.8. The second kappa shape index (κ2) is 9.16. The summed E-state index contributed by atoms with van der Waals surface area (Å²) in [4.78, 5) is 14.3. The van der Waals surface area contributed by atoms with Gasteiger partial charge in [0.05, 0.1) is 0 Å². The van der Waals surface area contributed by atoms with Crippen molar-refractivity contribution in [2.45, 2.75) is 38.6 Å². The number of carbonyl (C=O) groups excluding carboxylic acids is 1. The van der Waals surface area contributed by atoms with E-state index in [1.165, 1.54) is 25.8 Å². The van der Waals surface area contributed by atoms with Crippen LogP contribution < -0.4 is 10.1 Å². The molecule has 1 fully saturated rings. The minimum atomic E-state index is -0.0605. The van der Waals surface area contributed by atoms with Gasteiger partial charge in [-0.2, -0.15) is 0 Å². The standard InChI is InChI=1S/C17H25BrN2O2/c1-14-5-2-3-11-20(14)12-4-10-19-17(21)13-22-16-8-6-15(18)7-9-16/h6-9,14H,2-5,10-13H2,1H3,(H,19,21). The third kappa shape index (κ3) is 5.97. The Labute approximate surface area is 141 Å². The van der Waals surface area contributed by atoms with E-state index in [2.05, 4.69) is 33.1 Å². The van der Waals surface area contributed by atoms with Crippen LogP contribution in [0.1, 0.15) is 32.6 Å². The number of rotatable bonds is 7. The van der Waals surface area contributed by atoms with Crippen molar-refractivity contribution in [2.75, 3.05) is 26.2 Å². The highest BCUT2D eigenvalue weighted by molar-refractivity contribution is 9.10. The Kier molecular flexibility index (Phi) is 7.19. The highest BCUT2D eigenvalue weighted by Gasteiger charge is 2.17. The summed E-state index contributed by atoms with van der Waals surface area (Å²) in [7, 11) is 0. The number of likely N-dealkylation sites (tertiary alicyclic amines) is 1. The Morgan fingerprint density at radius 2 is 2.14 bits per heavy atom. The van der Waals surface area contributed by atoms with Crippen LogP contribution in [0, 0.1) is 0 Å². The largest absolute Gasteiger partial charge is 0.484 e. The molecule has 0 radical (unpaired) electrons. The number of carbonyl (C=O) groups is 1. The molecule has 1 aliphatic heterocycles. The minimum Gasteiger partial charge on any atom is -0.484 e. The number of ether oxygens (including phenoxy) is 1. The Hall–Kier alpha value is -1.07. The average Bonchev–Trinajstić information content (AvgIpc) is 2.52. The second-order valence-corrected chi connectivity index (χ2v) is 6.74. The van der Waals surface area contributed by atoms with Gasteiger partial charge in [0.2, 0.25) is 0 Å². The predicted molar refractivity (Wildman–Crippen MR) is 92.1 cm³/mol. The molecule has 0 bridgehead atoms. The van der Waals surface area contributed by atoms with Crippen LogP contribution in [0.25, 0.3) is 0 Å². The lowest BCUT2D eigenvalue weighted by atomic mass is 10.0. The molecule has 0 aromatic heterocycles. The molecule has 1 aromatic carbocycles. The monoisotopic (exact) mass is 368 g/mol. The molecular formula is C17H25BrN2O2. The number of hydrogen-bond donors (Lipinski definition) is 1. The zero-order valence-electron chi connectivity index (χ0n) is 13.2. The van der Waals surface area contributed by atoms with E-state index in [4.69, 9.17) is 4.74 Å². The summed E-state index contributed by atoms with van der Waals surface area (Å²) < 4.78 is 6.44. The van der Waals surface area contributed by atoms with Gasteiger partial charge >= 0.3 is 0 Å². The molecule has 0 aliphatic carbocycles. The van der Waals surface area contributed by atoms with Gasteiger partial charge in [-0.25, -0.2) is 0 Å². The number of benzene rings is 1. The van der Waals surface area contributed by atoms with E-state index < -0.39 is 0 Å². The molecule has 1 atom stereocenters. The van der Waals surface area contributed by atoms with Gasteiger partial charge in [-0.15, -0.1) is 0 Å². The maximum atomic E-state index is 11.7. The molecular weight excluding hydrogens is 344 g/mol. The summed E-state index contributed by atoms with van der Waals surface area (Å²) >= 11 is 3.37. The highest BCUT2D eigenvalue weighted by atomic mass is 79.9. The molecule has 0 saturated carbocycles. The first kappa shape index (κ1) is 17.3. The molecule has 1 N–H and O–H groups in total. The van der Waals surface area contributed by atoms with Crippen LogP contribution in [0.5, 0.6) is 5.75 Å². The van der Waals surface area contributed by atoms with E-state index in [1.807, 2.05) is 24.3 Å². The third-order valence-corrected chi connectivity index (χ3v) is 4.60. The Bertz CT molecular complexity index is 464. The summed E-state index contributed by atoms with van der Waals surface area (Å²) in [5.74, 6) is 0.648. The molecule has 1 unspecified atom stereocenters. The quantitative estimate of drug-likeness (QED) is 0.751. The van der Waals surface area contributed by atoms with Crippen LogP contribution in [0.3, 0.4) is 0 Å². The van der Waals surface area contributed by atoms with Gasteiger partial charge in [-0.1, -0.05) is 22.4 Å². The van der Waals surface area contributed by atoms with Crippen molar-refractivity contribution in [3.8, 4) is 5.75 Å². The molecule has 0 spiro atoms. The SMILES string of the molecule is CC1CCCCN1CCCNC(=O)COc1ccc(Br)cc1. The zero-order valence-corrected chi connectivity index (χ0v) is 14.8. The average molecular weight is 369 g/mol. The second-order valence-electron chi connectivity index (χ2n) is 5.83. The van der Waals surface area contributed by atoms with E-state index in [0.29, 0.717) is 18.3 Å². The molecule has 22 heavy (non-hydrogen) atoms. The number of nitrogens with zero attached hydrogens (tertiary/aromatic N) is 1. The fourth-order valence-corrected chi connectivity index (χ4v) is 2.99. The van der Waals surface area contributed by atoms with Crippen LogP contribution in [-0.2, 0) is 4.79 Å². The first-order valence-electron chi connectivity index (χ1n) is 8.04. The summed E-state index contributed by atoms with van der Waals surface area (Å²) in [6.45, 7) is 5.34. The lowest BCUT2D eigenvalue weighted by molar-refractivity contribution is -0.123. The third-order valence-electron chi connectivity index (χ3n) is 4.07. The van der Waals surface area contributed by atoms with E-state index in [9.17, 15) is 4.79 Å². The topological polar surface area (TPSA) is 41.6 Å². The number of halogens is 1.